The van der Waals surface area contributed by atoms with Crippen LogP contribution in [0.3, 0.4) is 0 Å². The second kappa shape index (κ2) is 6.62. The summed E-state index contributed by atoms with van der Waals surface area (Å²) in [4.78, 5) is 9.26. The van der Waals surface area contributed by atoms with Gasteiger partial charge in [-0.2, -0.15) is 0 Å². The Morgan fingerprint density at radius 3 is 1.36 bits per heavy atom. The van der Waals surface area contributed by atoms with E-state index in [1.54, 1.807) is 0 Å². The number of ether oxygens (including phenoxy) is 2. The molecule has 0 spiro atoms. The van der Waals surface area contributed by atoms with Crippen LogP contribution >= 0.6 is 0 Å². The molecule has 0 unspecified atom stereocenters. The Bertz CT molecular complexity index is 885. The van der Waals surface area contributed by atoms with Crippen LogP contribution in [-0.4, -0.2) is 36.1 Å². The average Bonchev–Trinajstić information content (AvgIpc) is 3.23. The van der Waals surface area contributed by atoms with Crippen molar-refractivity contribution in [1.29, 1.82) is 0 Å². The van der Waals surface area contributed by atoms with Gasteiger partial charge in [-0.15, -0.1) is 0 Å². The SMILES string of the molecule is C=C(c1ccc(C2=NC(C)(C)CO2)cc1)c1ccc(C2=NC(C)(C)CO2)cc1. The maximum absolute atomic E-state index is 5.72. The van der Waals surface area contributed by atoms with E-state index in [1.165, 1.54) is 0 Å². The van der Waals surface area contributed by atoms with Crippen LogP contribution < -0.4 is 0 Å². The molecule has 0 bridgehead atoms. The van der Waals surface area contributed by atoms with Gasteiger partial charge in [0.1, 0.15) is 13.2 Å². The van der Waals surface area contributed by atoms with Gasteiger partial charge >= 0.3 is 0 Å². The summed E-state index contributed by atoms with van der Waals surface area (Å²) in [6.07, 6.45) is 0. The van der Waals surface area contributed by atoms with E-state index < -0.39 is 0 Å². The number of aliphatic imine (C=N–C) groups is 2. The summed E-state index contributed by atoms with van der Waals surface area (Å²) < 4.78 is 11.4. The highest BCUT2D eigenvalue weighted by Crippen LogP contribution is 2.26. The molecule has 2 heterocycles. The highest BCUT2D eigenvalue weighted by molar-refractivity contribution is 5.97. The van der Waals surface area contributed by atoms with Gasteiger partial charge in [-0.1, -0.05) is 30.8 Å². The Kier molecular flexibility index (Phi) is 4.37. The number of rotatable bonds is 4. The van der Waals surface area contributed by atoms with Crippen LogP contribution in [0.1, 0.15) is 49.9 Å². The molecule has 4 heteroatoms. The molecule has 0 aromatic heterocycles. The van der Waals surface area contributed by atoms with Crippen LogP contribution in [0, 0.1) is 0 Å². The minimum Gasteiger partial charge on any atom is -0.475 e. The first-order valence-corrected chi connectivity index (χ1v) is 9.58. The van der Waals surface area contributed by atoms with Crippen molar-refractivity contribution in [3.05, 3.63) is 77.4 Å². The second-order valence-corrected chi connectivity index (χ2v) is 8.67. The molecular weight excluding hydrogens is 348 g/mol. The zero-order valence-corrected chi connectivity index (χ0v) is 17.0. The standard InChI is InChI=1S/C24H26N2O2/c1-16(17-6-10-19(11-7-17)21-25-23(2,3)14-27-21)18-8-12-20(13-9-18)22-26-24(4,5)15-28-22/h6-13H,1,14-15H2,2-5H3. The van der Waals surface area contributed by atoms with Gasteiger partial charge in [0.25, 0.3) is 0 Å². The summed E-state index contributed by atoms with van der Waals surface area (Å²) in [6, 6.07) is 16.4. The molecule has 0 N–H and O–H groups in total. The van der Waals surface area contributed by atoms with Crippen LogP contribution in [0.2, 0.25) is 0 Å². The molecule has 4 rings (SSSR count). The zero-order chi connectivity index (χ0) is 19.9. The third kappa shape index (κ3) is 3.72. The number of benzene rings is 2. The maximum Gasteiger partial charge on any atom is 0.216 e. The fraction of sp³-hybridized carbons (Fsp3) is 0.333. The lowest BCUT2D eigenvalue weighted by atomic mass is 9.97. The van der Waals surface area contributed by atoms with Gasteiger partial charge in [-0.05, 0) is 68.7 Å². The Hall–Kier alpha value is -2.88. The fourth-order valence-corrected chi connectivity index (χ4v) is 3.26. The molecule has 0 radical (unpaired) electrons. The molecule has 0 fully saturated rings. The Balaban J connectivity index is 1.50. The predicted octanol–water partition coefficient (Wildman–Crippen LogP) is 4.86. The minimum atomic E-state index is -0.151. The lowest BCUT2D eigenvalue weighted by Gasteiger charge is -2.09. The molecule has 0 aliphatic carbocycles. The average molecular weight is 374 g/mol. The number of nitrogens with zero attached hydrogens (tertiary/aromatic N) is 2. The maximum atomic E-state index is 5.72. The third-order valence-electron chi connectivity index (χ3n) is 4.89. The molecule has 2 aliphatic rings. The van der Waals surface area contributed by atoms with Crippen molar-refractivity contribution >= 4 is 17.4 Å². The monoisotopic (exact) mass is 374 g/mol. The molecule has 2 aromatic carbocycles. The number of hydrogen-bond acceptors (Lipinski definition) is 4. The van der Waals surface area contributed by atoms with E-state index in [4.69, 9.17) is 9.47 Å². The van der Waals surface area contributed by atoms with Crippen LogP contribution in [0.4, 0.5) is 0 Å². The van der Waals surface area contributed by atoms with Gasteiger partial charge in [0.05, 0.1) is 11.1 Å². The summed E-state index contributed by atoms with van der Waals surface area (Å²) in [7, 11) is 0. The molecule has 0 atom stereocenters. The van der Waals surface area contributed by atoms with Gasteiger partial charge in [0.2, 0.25) is 11.8 Å². The fourth-order valence-electron chi connectivity index (χ4n) is 3.26. The Labute approximate surface area is 166 Å². The summed E-state index contributed by atoms with van der Waals surface area (Å²) in [6.45, 7) is 13.8. The van der Waals surface area contributed by atoms with Gasteiger partial charge in [0, 0.05) is 11.1 Å². The second-order valence-electron chi connectivity index (χ2n) is 8.67. The van der Waals surface area contributed by atoms with E-state index in [1.807, 2.05) is 24.3 Å². The lowest BCUT2D eigenvalue weighted by Crippen LogP contribution is -2.17. The largest absolute Gasteiger partial charge is 0.475 e. The third-order valence-corrected chi connectivity index (χ3v) is 4.89. The topological polar surface area (TPSA) is 43.2 Å². The first kappa shape index (κ1) is 18.5. The smallest absolute Gasteiger partial charge is 0.216 e. The molecule has 4 nitrogen and oxygen atoms in total. The van der Waals surface area contributed by atoms with E-state index in [0.717, 1.165) is 27.8 Å². The Morgan fingerprint density at radius 1 is 0.714 bits per heavy atom. The molecular formula is C24H26N2O2. The molecule has 0 amide bonds. The Morgan fingerprint density at radius 2 is 1.07 bits per heavy atom. The van der Waals surface area contributed by atoms with Gasteiger partial charge < -0.3 is 9.47 Å². The van der Waals surface area contributed by atoms with Crippen molar-refractivity contribution in [1.82, 2.24) is 0 Å². The normalized spacial score (nSPS) is 19.4. The van der Waals surface area contributed by atoms with Crippen molar-refractivity contribution in [2.45, 2.75) is 38.8 Å². The van der Waals surface area contributed by atoms with Crippen molar-refractivity contribution in [2.75, 3.05) is 13.2 Å². The van der Waals surface area contributed by atoms with Crippen molar-refractivity contribution < 1.29 is 9.47 Å². The van der Waals surface area contributed by atoms with Gasteiger partial charge in [0.15, 0.2) is 0 Å². The quantitative estimate of drug-likeness (QED) is 0.767. The molecule has 2 aliphatic heterocycles. The lowest BCUT2D eigenvalue weighted by molar-refractivity contribution is 0.279. The first-order valence-electron chi connectivity index (χ1n) is 9.58. The van der Waals surface area contributed by atoms with Gasteiger partial charge in [-0.25, -0.2) is 9.98 Å². The van der Waals surface area contributed by atoms with Crippen LogP contribution in [-0.2, 0) is 9.47 Å². The molecule has 0 saturated heterocycles. The molecule has 28 heavy (non-hydrogen) atoms. The zero-order valence-electron chi connectivity index (χ0n) is 17.0. The van der Waals surface area contributed by atoms with E-state index in [0.29, 0.717) is 25.0 Å². The van der Waals surface area contributed by atoms with E-state index in [9.17, 15) is 0 Å². The molecule has 0 saturated carbocycles. The van der Waals surface area contributed by atoms with Crippen LogP contribution in [0.15, 0.2) is 65.1 Å². The number of hydrogen-bond donors (Lipinski definition) is 0. The highest BCUT2D eigenvalue weighted by Gasteiger charge is 2.27. The summed E-state index contributed by atoms with van der Waals surface area (Å²) in [5.74, 6) is 1.43. The van der Waals surface area contributed by atoms with Crippen LogP contribution in [0.25, 0.3) is 5.57 Å². The van der Waals surface area contributed by atoms with E-state index in [-0.39, 0.29) is 11.1 Å². The van der Waals surface area contributed by atoms with E-state index >= 15 is 0 Å². The summed E-state index contributed by atoms with van der Waals surface area (Å²) in [5.41, 5.74) is 4.81. The summed E-state index contributed by atoms with van der Waals surface area (Å²) in [5, 5.41) is 0. The van der Waals surface area contributed by atoms with Crippen LogP contribution in [0.5, 0.6) is 0 Å². The van der Waals surface area contributed by atoms with Gasteiger partial charge in [-0.3, -0.25) is 0 Å². The predicted molar refractivity (Wildman–Crippen MR) is 114 cm³/mol. The minimum absolute atomic E-state index is 0.151. The summed E-state index contributed by atoms with van der Waals surface area (Å²) >= 11 is 0. The van der Waals surface area contributed by atoms with Crippen molar-refractivity contribution in [2.24, 2.45) is 9.98 Å². The first-order chi connectivity index (χ1) is 13.2. The molecule has 2 aromatic rings. The highest BCUT2D eigenvalue weighted by atomic mass is 16.5. The van der Waals surface area contributed by atoms with Crippen molar-refractivity contribution in [3.8, 4) is 0 Å². The van der Waals surface area contributed by atoms with Crippen molar-refractivity contribution in [3.63, 3.8) is 0 Å². The van der Waals surface area contributed by atoms with E-state index in [2.05, 4.69) is 68.5 Å². The molecule has 144 valence electrons.